The van der Waals surface area contributed by atoms with Gasteiger partial charge in [0.2, 0.25) is 0 Å². The minimum Gasteiger partial charge on any atom is -0.469 e. The van der Waals surface area contributed by atoms with Gasteiger partial charge in [-0.1, -0.05) is 133 Å². The summed E-state index contributed by atoms with van der Waals surface area (Å²) in [6.07, 6.45) is 0. The standard InChI is InChI=1S/C65H52BN3O2S/c1-64(2,3)38-22-25-40(26-23-38)67-53-36-59-51(50-33-43(27-31-58(50)72-59)68(41-16-10-8-11-17-41)42-18-12-9-13-19-42)34-47(53)45-28-29-46-48-35-49-44-20-14-15-21-55(44)70-57(49)37-54(48)69-61(46)60(45)66(7)63-62(69)52-32-39(65(4,5)6)24-30-56(52)71-63/h8-37,67H,1-7H3. The van der Waals surface area contributed by atoms with Crippen molar-refractivity contribution in [2.75, 3.05) is 10.2 Å². The maximum Gasteiger partial charge on any atom is 0.258 e. The number of nitrogens with zero attached hydrogens (tertiary/aromatic N) is 2. The molecule has 14 rings (SSSR count). The van der Waals surface area contributed by atoms with Crippen molar-refractivity contribution in [3.63, 3.8) is 0 Å². The van der Waals surface area contributed by atoms with Crippen molar-refractivity contribution in [2.45, 2.75) is 59.2 Å². The van der Waals surface area contributed by atoms with Crippen LogP contribution in [0.2, 0.25) is 6.82 Å². The molecule has 0 radical (unpaired) electrons. The normalized spacial score (nSPS) is 12.9. The quantitative estimate of drug-likeness (QED) is 0.169. The van der Waals surface area contributed by atoms with Crippen LogP contribution in [-0.2, 0) is 10.8 Å². The highest BCUT2D eigenvalue weighted by molar-refractivity contribution is 7.25. The topological polar surface area (TPSA) is 46.5 Å². The van der Waals surface area contributed by atoms with Crippen LogP contribution in [0.4, 0.5) is 28.4 Å². The minimum atomic E-state index is -0.0736. The van der Waals surface area contributed by atoms with Crippen LogP contribution in [-0.4, -0.2) is 11.3 Å². The van der Waals surface area contributed by atoms with Crippen LogP contribution in [0.1, 0.15) is 52.7 Å². The molecule has 7 heteroatoms. The van der Waals surface area contributed by atoms with E-state index in [0.717, 1.165) is 83.8 Å². The van der Waals surface area contributed by atoms with E-state index in [0.29, 0.717) is 0 Å². The summed E-state index contributed by atoms with van der Waals surface area (Å²) in [5.41, 5.74) is 18.7. The zero-order chi connectivity index (χ0) is 48.8. The molecule has 0 saturated heterocycles. The van der Waals surface area contributed by atoms with Crippen molar-refractivity contribution in [3.05, 3.63) is 193 Å². The molecule has 0 atom stereocenters. The van der Waals surface area contributed by atoms with E-state index in [9.17, 15) is 0 Å². The molecule has 0 spiro atoms. The highest BCUT2D eigenvalue weighted by atomic mass is 32.1. The first-order valence-electron chi connectivity index (χ1n) is 25.1. The maximum absolute atomic E-state index is 7.13. The average Bonchev–Trinajstić information content (AvgIpc) is 4.14. The predicted molar refractivity (Wildman–Crippen MR) is 309 cm³/mol. The summed E-state index contributed by atoms with van der Waals surface area (Å²) in [6, 6.07) is 66.7. The van der Waals surface area contributed by atoms with Crippen LogP contribution in [0.25, 0.3) is 91.7 Å². The van der Waals surface area contributed by atoms with Crippen molar-refractivity contribution in [1.82, 2.24) is 4.57 Å². The van der Waals surface area contributed by atoms with Gasteiger partial charge < -0.3 is 23.6 Å². The third-order valence-corrected chi connectivity index (χ3v) is 16.4. The summed E-state index contributed by atoms with van der Waals surface area (Å²) >= 11 is 1.85. The first-order valence-corrected chi connectivity index (χ1v) is 26.0. The lowest BCUT2D eigenvalue weighted by atomic mass is 9.42. The predicted octanol–water partition coefficient (Wildman–Crippen LogP) is 17.8. The molecule has 0 fully saturated rings. The number of anilines is 5. The second-order valence-electron chi connectivity index (χ2n) is 21.9. The molecule has 9 aromatic carbocycles. The summed E-state index contributed by atoms with van der Waals surface area (Å²) in [5.74, 6) is 0. The molecule has 0 saturated carbocycles. The highest BCUT2D eigenvalue weighted by Crippen LogP contribution is 2.47. The van der Waals surface area contributed by atoms with Gasteiger partial charge in [0.15, 0.2) is 0 Å². The fraction of sp³-hybridized carbons (Fsp3) is 0.138. The molecular formula is C65H52BN3O2S. The first-order chi connectivity index (χ1) is 34.9. The van der Waals surface area contributed by atoms with Gasteiger partial charge in [-0.25, -0.2) is 0 Å². The Bertz CT molecular complexity index is 4300. The second-order valence-corrected chi connectivity index (χ2v) is 22.9. The van der Waals surface area contributed by atoms with Gasteiger partial charge in [0.1, 0.15) is 16.7 Å². The van der Waals surface area contributed by atoms with E-state index < -0.39 is 0 Å². The zero-order valence-electron chi connectivity index (χ0n) is 41.5. The zero-order valence-corrected chi connectivity index (χ0v) is 42.3. The number of hydrogen-bond donors (Lipinski definition) is 1. The molecule has 72 heavy (non-hydrogen) atoms. The highest BCUT2D eigenvalue weighted by Gasteiger charge is 2.37. The molecule has 1 N–H and O–H groups in total. The minimum absolute atomic E-state index is 0.0404. The lowest BCUT2D eigenvalue weighted by Gasteiger charge is -2.25. The lowest BCUT2D eigenvalue weighted by molar-refractivity contribution is 0.590. The third kappa shape index (κ3) is 6.53. The fourth-order valence-electron chi connectivity index (χ4n) is 11.6. The number of rotatable bonds is 6. The van der Waals surface area contributed by atoms with Gasteiger partial charge in [0, 0.05) is 92.7 Å². The Hall–Kier alpha value is -8.00. The Kier molecular flexibility index (Phi) is 9.22. The van der Waals surface area contributed by atoms with Gasteiger partial charge in [-0.05, 0) is 124 Å². The van der Waals surface area contributed by atoms with E-state index in [-0.39, 0.29) is 17.5 Å². The van der Waals surface area contributed by atoms with Gasteiger partial charge in [0.25, 0.3) is 6.71 Å². The number of hydrogen-bond acceptors (Lipinski definition) is 5. The summed E-state index contributed by atoms with van der Waals surface area (Å²) in [7, 11) is 0. The smallest absolute Gasteiger partial charge is 0.258 e. The van der Waals surface area contributed by atoms with E-state index >= 15 is 0 Å². The van der Waals surface area contributed by atoms with Gasteiger partial charge in [-0.2, -0.15) is 0 Å². The van der Waals surface area contributed by atoms with Crippen LogP contribution in [0.3, 0.4) is 0 Å². The van der Waals surface area contributed by atoms with E-state index in [4.69, 9.17) is 8.83 Å². The van der Waals surface area contributed by atoms with Crippen molar-refractivity contribution in [3.8, 4) is 16.8 Å². The second kappa shape index (κ2) is 15.5. The largest absolute Gasteiger partial charge is 0.469 e. The third-order valence-electron chi connectivity index (χ3n) is 15.3. The Labute approximate surface area is 423 Å². The Morgan fingerprint density at radius 2 is 1.17 bits per heavy atom. The fourth-order valence-corrected chi connectivity index (χ4v) is 12.7. The summed E-state index contributed by atoms with van der Waals surface area (Å²) < 4.78 is 18.7. The molecule has 1 aliphatic heterocycles. The van der Waals surface area contributed by atoms with E-state index in [2.05, 4.69) is 239 Å². The maximum atomic E-state index is 7.13. The first kappa shape index (κ1) is 42.8. The molecule has 0 bridgehead atoms. The SMILES string of the molecule is CB1c2oc3ccc(C(C)(C)C)cc3c2-n2c3cc4oc5ccccc5c4cc3c3ccc(-c4cc5c(cc4Nc4ccc(C(C)(C)C)cc4)sc4ccc(N(c6ccccc6)c6ccccc6)cc45)c1c32. The van der Waals surface area contributed by atoms with E-state index in [1.165, 1.54) is 58.6 Å². The molecule has 5 nitrogen and oxygen atoms in total. The number of benzene rings is 9. The summed E-state index contributed by atoms with van der Waals surface area (Å²) in [6.45, 7) is 15.9. The number of fused-ring (bicyclic) bond motifs is 13. The molecular weight excluding hydrogens is 898 g/mol. The number of furan rings is 2. The van der Waals surface area contributed by atoms with Crippen LogP contribution < -0.4 is 21.3 Å². The van der Waals surface area contributed by atoms with Crippen molar-refractivity contribution >= 4 is 132 Å². The van der Waals surface area contributed by atoms with Gasteiger partial charge in [0.05, 0.1) is 16.9 Å². The lowest BCUT2D eigenvalue weighted by Crippen LogP contribution is -2.45. The Morgan fingerprint density at radius 3 is 1.90 bits per heavy atom. The van der Waals surface area contributed by atoms with Crippen LogP contribution >= 0.6 is 11.3 Å². The molecule has 13 aromatic rings. The summed E-state index contributed by atoms with van der Waals surface area (Å²) in [4.78, 5) is 2.36. The van der Waals surface area contributed by atoms with Crippen molar-refractivity contribution < 1.29 is 8.83 Å². The number of nitrogens with one attached hydrogen (secondary N) is 1. The van der Waals surface area contributed by atoms with E-state index in [1.54, 1.807) is 0 Å². The Balaban J connectivity index is 1.05. The van der Waals surface area contributed by atoms with Crippen LogP contribution in [0, 0.1) is 0 Å². The average molecular weight is 950 g/mol. The van der Waals surface area contributed by atoms with Crippen LogP contribution in [0.5, 0.6) is 0 Å². The van der Waals surface area contributed by atoms with Gasteiger partial charge in [-0.3, -0.25) is 0 Å². The molecule has 0 aliphatic carbocycles. The molecule has 4 aromatic heterocycles. The van der Waals surface area contributed by atoms with Crippen molar-refractivity contribution in [2.24, 2.45) is 0 Å². The van der Waals surface area contributed by atoms with Crippen molar-refractivity contribution in [1.29, 1.82) is 0 Å². The molecule has 1 aliphatic rings. The van der Waals surface area contributed by atoms with Crippen LogP contribution in [0.15, 0.2) is 191 Å². The van der Waals surface area contributed by atoms with E-state index in [1.807, 2.05) is 17.4 Å². The number of para-hydroxylation sites is 3. The number of aromatic nitrogens is 1. The summed E-state index contributed by atoms with van der Waals surface area (Å²) in [5, 5.41) is 12.2. The number of thiophene rings is 1. The monoisotopic (exact) mass is 949 g/mol. The molecule has 348 valence electrons. The molecule has 5 heterocycles. The van der Waals surface area contributed by atoms with Gasteiger partial charge in [-0.15, -0.1) is 11.3 Å². The molecule has 0 amide bonds. The van der Waals surface area contributed by atoms with Gasteiger partial charge >= 0.3 is 0 Å². The molecule has 0 unspecified atom stereocenters. The Morgan fingerprint density at radius 1 is 0.486 bits per heavy atom.